The second-order valence-corrected chi connectivity index (χ2v) is 9.77. The topological polar surface area (TPSA) is 75.7 Å². The van der Waals surface area contributed by atoms with Crippen LogP contribution in [-0.4, -0.2) is 32.3 Å². The number of sulfonamides is 1. The quantitative estimate of drug-likeness (QED) is 0.511. The third-order valence-corrected chi connectivity index (χ3v) is 7.02. The molecule has 6 nitrogen and oxygen atoms in total. The Morgan fingerprint density at radius 3 is 2.38 bits per heavy atom. The Balaban J connectivity index is 1.90. The molecule has 32 heavy (non-hydrogen) atoms. The molecule has 1 N–H and O–H groups in total. The summed E-state index contributed by atoms with van der Waals surface area (Å²) in [6.07, 6.45) is 0. The molecule has 0 radical (unpaired) electrons. The summed E-state index contributed by atoms with van der Waals surface area (Å²) in [6.45, 7) is 3.54. The molecular formula is C24H25ClN2O4S. The first-order valence-corrected chi connectivity index (χ1v) is 11.8. The monoisotopic (exact) mass is 472 g/mol. The van der Waals surface area contributed by atoms with Crippen molar-refractivity contribution in [1.29, 1.82) is 0 Å². The van der Waals surface area contributed by atoms with Crippen molar-refractivity contribution in [1.82, 2.24) is 4.31 Å². The minimum absolute atomic E-state index is 0.0152. The lowest BCUT2D eigenvalue weighted by Gasteiger charge is -2.22. The van der Waals surface area contributed by atoms with Gasteiger partial charge in [-0.25, -0.2) is 8.42 Å². The fourth-order valence-electron chi connectivity index (χ4n) is 3.27. The molecule has 0 unspecified atom stereocenters. The molecule has 3 aromatic rings. The maximum atomic E-state index is 13.4. The number of ether oxygens (including phenoxy) is 1. The van der Waals surface area contributed by atoms with E-state index in [0.29, 0.717) is 11.4 Å². The molecule has 0 bridgehead atoms. The number of carbonyl (C=O) groups is 1. The molecule has 0 fully saturated rings. The molecule has 1 amide bonds. The van der Waals surface area contributed by atoms with Crippen LogP contribution in [0, 0.1) is 13.8 Å². The van der Waals surface area contributed by atoms with E-state index in [2.05, 4.69) is 5.32 Å². The highest BCUT2D eigenvalue weighted by molar-refractivity contribution is 7.89. The fraction of sp³-hybridized carbons (Fsp3) is 0.208. The van der Waals surface area contributed by atoms with E-state index in [0.717, 1.165) is 21.0 Å². The summed E-state index contributed by atoms with van der Waals surface area (Å²) >= 11 is 6.16. The van der Waals surface area contributed by atoms with Crippen LogP contribution < -0.4 is 10.1 Å². The van der Waals surface area contributed by atoms with E-state index in [9.17, 15) is 13.2 Å². The molecule has 3 rings (SSSR count). The second kappa shape index (κ2) is 10.2. The summed E-state index contributed by atoms with van der Waals surface area (Å²) in [4.78, 5) is 12.8. The van der Waals surface area contributed by atoms with Crippen molar-refractivity contribution in [3.8, 4) is 5.75 Å². The van der Waals surface area contributed by atoms with E-state index < -0.39 is 15.9 Å². The van der Waals surface area contributed by atoms with Gasteiger partial charge in [-0.1, -0.05) is 59.6 Å². The molecule has 0 heterocycles. The summed E-state index contributed by atoms with van der Waals surface area (Å²) in [6, 6.07) is 19.0. The van der Waals surface area contributed by atoms with Gasteiger partial charge in [-0.3, -0.25) is 4.79 Å². The van der Waals surface area contributed by atoms with E-state index in [1.807, 2.05) is 62.4 Å². The first-order chi connectivity index (χ1) is 15.2. The summed E-state index contributed by atoms with van der Waals surface area (Å²) in [5.74, 6) is -0.0658. The number of aryl methyl sites for hydroxylation is 2. The average molecular weight is 473 g/mol. The molecule has 0 spiro atoms. The summed E-state index contributed by atoms with van der Waals surface area (Å²) in [7, 11) is -2.57. The van der Waals surface area contributed by atoms with Gasteiger partial charge < -0.3 is 10.1 Å². The van der Waals surface area contributed by atoms with Gasteiger partial charge in [0, 0.05) is 12.2 Å². The normalized spacial score (nSPS) is 11.4. The predicted molar refractivity (Wildman–Crippen MR) is 127 cm³/mol. The van der Waals surface area contributed by atoms with Crippen LogP contribution in [0.3, 0.4) is 0 Å². The molecule has 0 saturated heterocycles. The number of anilines is 1. The number of nitrogens with one attached hydrogen (secondary N) is 1. The molecule has 0 aliphatic heterocycles. The van der Waals surface area contributed by atoms with Crippen molar-refractivity contribution < 1.29 is 17.9 Å². The molecular weight excluding hydrogens is 448 g/mol. The Morgan fingerprint density at radius 2 is 1.75 bits per heavy atom. The lowest BCUT2D eigenvalue weighted by atomic mass is 10.1. The summed E-state index contributed by atoms with van der Waals surface area (Å²) < 4.78 is 33.1. The Kier molecular flexibility index (Phi) is 7.56. The zero-order chi connectivity index (χ0) is 23.3. The molecule has 0 saturated carbocycles. The van der Waals surface area contributed by atoms with Gasteiger partial charge in [-0.05, 0) is 49.2 Å². The van der Waals surface area contributed by atoms with Crippen molar-refractivity contribution in [2.75, 3.05) is 19.0 Å². The second-order valence-electron chi connectivity index (χ2n) is 7.42. The van der Waals surface area contributed by atoms with Gasteiger partial charge in [0.15, 0.2) is 0 Å². The number of hydrogen-bond donors (Lipinski definition) is 1. The molecule has 0 aliphatic rings. The SMILES string of the molecule is COc1ccc(S(=O)(=O)N(CC(=O)Nc2ccc(C)cc2C)Cc2ccccc2)cc1Cl. The fourth-order valence-corrected chi connectivity index (χ4v) is 5.01. The highest BCUT2D eigenvalue weighted by Crippen LogP contribution is 2.29. The molecule has 0 aliphatic carbocycles. The van der Waals surface area contributed by atoms with Crippen LogP contribution in [0.5, 0.6) is 5.75 Å². The predicted octanol–water partition coefficient (Wildman–Crippen LogP) is 4.80. The van der Waals surface area contributed by atoms with E-state index >= 15 is 0 Å². The van der Waals surface area contributed by atoms with E-state index in [-0.39, 0.29) is 23.0 Å². The van der Waals surface area contributed by atoms with Crippen LogP contribution in [0.2, 0.25) is 5.02 Å². The maximum absolute atomic E-state index is 13.4. The number of methoxy groups -OCH3 is 1. The standard InChI is InChI=1S/C24H25ClN2O4S/c1-17-9-11-22(18(2)13-17)26-24(28)16-27(15-19-7-5-4-6-8-19)32(29,30)20-10-12-23(31-3)21(25)14-20/h4-14H,15-16H2,1-3H3,(H,26,28). The lowest BCUT2D eigenvalue weighted by molar-refractivity contribution is -0.116. The van der Waals surface area contributed by atoms with Crippen LogP contribution >= 0.6 is 11.6 Å². The number of amides is 1. The first-order valence-electron chi connectivity index (χ1n) is 9.95. The summed E-state index contributed by atoms with van der Waals surface area (Å²) in [5, 5.41) is 2.99. The molecule has 0 atom stereocenters. The van der Waals surface area contributed by atoms with Crippen molar-refractivity contribution in [2.24, 2.45) is 0 Å². The third kappa shape index (κ3) is 5.68. The third-order valence-electron chi connectivity index (χ3n) is 4.94. The van der Waals surface area contributed by atoms with Crippen LogP contribution in [-0.2, 0) is 21.4 Å². The Hall–Kier alpha value is -2.87. The van der Waals surface area contributed by atoms with Crippen LogP contribution in [0.4, 0.5) is 5.69 Å². The molecule has 0 aromatic heterocycles. The highest BCUT2D eigenvalue weighted by Gasteiger charge is 2.28. The van der Waals surface area contributed by atoms with Crippen LogP contribution in [0.15, 0.2) is 71.6 Å². The van der Waals surface area contributed by atoms with Gasteiger partial charge in [-0.2, -0.15) is 4.31 Å². The van der Waals surface area contributed by atoms with Crippen molar-refractivity contribution in [3.05, 3.63) is 88.4 Å². The van der Waals surface area contributed by atoms with Crippen molar-refractivity contribution in [2.45, 2.75) is 25.3 Å². The van der Waals surface area contributed by atoms with E-state index in [1.165, 1.54) is 25.3 Å². The lowest BCUT2D eigenvalue weighted by Crippen LogP contribution is -2.37. The minimum atomic E-state index is -4.02. The van der Waals surface area contributed by atoms with E-state index in [1.54, 1.807) is 0 Å². The van der Waals surface area contributed by atoms with Gasteiger partial charge in [0.25, 0.3) is 0 Å². The minimum Gasteiger partial charge on any atom is -0.495 e. The first kappa shape index (κ1) is 23.8. The number of halogens is 1. The number of carbonyl (C=O) groups excluding carboxylic acids is 1. The zero-order valence-electron chi connectivity index (χ0n) is 18.1. The number of nitrogens with zero attached hydrogens (tertiary/aromatic N) is 1. The molecule has 168 valence electrons. The van der Waals surface area contributed by atoms with Gasteiger partial charge >= 0.3 is 0 Å². The smallest absolute Gasteiger partial charge is 0.243 e. The van der Waals surface area contributed by atoms with Gasteiger partial charge in [-0.15, -0.1) is 0 Å². The van der Waals surface area contributed by atoms with Crippen LogP contribution in [0.1, 0.15) is 16.7 Å². The average Bonchev–Trinajstić information content (AvgIpc) is 2.76. The highest BCUT2D eigenvalue weighted by atomic mass is 35.5. The van der Waals surface area contributed by atoms with Gasteiger partial charge in [0.05, 0.1) is 23.6 Å². The summed E-state index contributed by atoms with van der Waals surface area (Å²) in [5.41, 5.74) is 3.38. The number of benzene rings is 3. The maximum Gasteiger partial charge on any atom is 0.243 e. The van der Waals surface area contributed by atoms with E-state index in [4.69, 9.17) is 16.3 Å². The molecule has 8 heteroatoms. The van der Waals surface area contributed by atoms with Crippen LogP contribution in [0.25, 0.3) is 0 Å². The van der Waals surface area contributed by atoms with Crippen molar-refractivity contribution >= 4 is 33.2 Å². The van der Waals surface area contributed by atoms with Crippen molar-refractivity contribution in [3.63, 3.8) is 0 Å². The Morgan fingerprint density at radius 1 is 1.03 bits per heavy atom. The Bertz CT molecular complexity index is 1210. The Labute approximate surface area is 193 Å². The largest absolute Gasteiger partial charge is 0.495 e. The van der Waals surface area contributed by atoms with Gasteiger partial charge in [0.2, 0.25) is 15.9 Å². The molecule has 3 aromatic carbocycles. The number of hydrogen-bond acceptors (Lipinski definition) is 4. The van der Waals surface area contributed by atoms with Gasteiger partial charge in [0.1, 0.15) is 5.75 Å². The zero-order valence-corrected chi connectivity index (χ0v) is 19.7. The number of rotatable bonds is 8.